The van der Waals surface area contributed by atoms with Gasteiger partial charge in [0.1, 0.15) is 12.2 Å². The number of aliphatic hydroxyl groups excluding tert-OH is 1. The second kappa shape index (κ2) is 6.06. The summed E-state index contributed by atoms with van der Waals surface area (Å²) >= 11 is 1.82. The lowest BCUT2D eigenvalue weighted by Gasteiger charge is -2.27. The van der Waals surface area contributed by atoms with Crippen molar-refractivity contribution in [2.75, 3.05) is 0 Å². The Bertz CT molecular complexity index is 563. The van der Waals surface area contributed by atoms with Crippen LogP contribution in [-0.4, -0.2) is 26.0 Å². The van der Waals surface area contributed by atoms with E-state index in [0.29, 0.717) is 6.42 Å². The molecule has 0 radical (unpaired) electrons. The molecule has 0 bridgehead atoms. The van der Waals surface area contributed by atoms with Gasteiger partial charge in [-0.2, -0.15) is 5.10 Å². The highest BCUT2D eigenvalue weighted by Gasteiger charge is 2.28. The third kappa shape index (κ3) is 2.65. The van der Waals surface area contributed by atoms with Crippen LogP contribution >= 0.6 is 11.3 Å². The van der Waals surface area contributed by atoms with E-state index in [1.807, 2.05) is 16.0 Å². The molecule has 0 saturated carbocycles. The van der Waals surface area contributed by atoms with Gasteiger partial charge in [-0.05, 0) is 42.7 Å². The predicted molar refractivity (Wildman–Crippen MR) is 80.0 cm³/mol. The molecule has 2 aromatic heterocycles. The number of hydrogen-bond donors (Lipinski definition) is 1. The Kier molecular flexibility index (Phi) is 4.17. The molecule has 2 heterocycles. The molecule has 4 nitrogen and oxygen atoms in total. The molecular weight excluding hydrogens is 270 g/mol. The maximum absolute atomic E-state index is 10.6. The normalized spacial score (nSPS) is 19.8. The smallest absolute Gasteiger partial charge is 0.138 e. The maximum Gasteiger partial charge on any atom is 0.138 e. The van der Waals surface area contributed by atoms with E-state index in [9.17, 15) is 5.11 Å². The predicted octanol–water partition coefficient (Wildman–Crippen LogP) is 2.77. The molecule has 0 aliphatic heterocycles. The van der Waals surface area contributed by atoms with E-state index in [0.717, 1.165) is 25.2 Å². The molecule has 1 aliphatic carbocycles. The highest BCUT2D eigenvalue weighted by Crippen LogP contribution is 2.37. The number of thiophene rings is 1. The summed E-state index contributed by atoms with van der Waals surface area (Å²) in [5.74, 6) is 1.17. The van der Waals surface area contributed by atoms with E-state index in [1.165, 1.54) is 23.3 Å². The number of aryl methyl sites for hydroxylation is 2. The van der Waals surface area contributed by atoms with Gasteiger partial charge < -0.3 is 5.11 Å². The molecule has 2 aromatic rings. The first kappa shape index (κ1) is 13.8. The molecule has 108 valence electrons. The molecule has 0 spiro atoms. The number of aliphatic hydroxyl groups is 1. The van der Waals surface area contributed by atoms with E-state index in [1.54, 1.807) is 6.33 Å². The van der Waals surface area contributed by atoms with Gasteiger partial charge in [0.05, 0.1) is 6.10 Å². The van der Waals surface area contributed by atoms with Crippen molar-refractivity contribution in [3.8, 4) is 0 Å². The van der Waals surface area contributed by atoms with E-state index in [-0.39, 0.29) is 12.0 Å². The first-order chi connectivity index (χ1) is 9.79. The summed E-state index contributed by atoms with van der Waals surface area (Å²) in [7, 11) is 0. The van der Waals surface area contributed by atoms with E-state index < -0.39 is 0 Å². The van der Waals surface area contributed by atoms with Gasteiger partial charge in [0.2, 0.25) is 0 Å². The molecule has 2 atom stereocenters. The molecule has 20 heavy (non-hydrogen) atoms. The molecule has 2 unspecified atom stereocenters. The van der Waals surface area contributed by atoms with Crippen molar-refractivity contribution < 1.29 is 5.11 Å². The molecule has 0 saturated heterocycles. The second-order valence-electron chi connectivity index (χ2n) is 5.47. The zero-order valence-electron chi connectivity index (χ0n) is 11.8. The van der Waals surface area contributed by atoms with Crippen LogP contribution in [0.2, 0.25) is 0 Å². The minimum absolute atomic E-state index is 0.261. The lowest BCUT2D eigenvalue weighted by atomic mass is 9.83. The summed E-state index contributed by atoms with van der Waals surface area (Å²) in [5.41, 5.74) is 1.36. The van der Waals surface area contributed by atoms with Crippen LogP contribution in [0.3, 0.4) is 0 Å². The summed E-state index contributed by atoms with van der Waals surface area (Å²) in [6, 6.07) is 2.18. The van der Waals surface area contributed by atoms with Gasteiger partial charge in [0.15, 0.2) is 0 Å². The van der Waals surface area contributed by atoms with Crippen molar-refractivity contribution in [3.63, 3.8) is 0 Å². The van der Waals surface area contributed by atoms with Crippen molar-refractivity contribution in [2.45, 2.75) is 57.6 Å². The Balaban J connectivity index is 1.74. The highest BCUT2D eigenvalue weighted by molar-refractivity contribution is 7.10. The molecule has 1 N–H and O–H groups in total. The van der Waals surface area contributed by atoms with Crippen molar-refractivity contribution >= 4 is 11.3 Å². The molecule has 0 amide bonds. The topological polar surface area (TPSA) is 50.9 Å². The van der Waals surface area contributed by atoms with Gasteiger partial charge in [0.25, 0.3) is 0 Å². The number of nitrogens with zero attached hydrogens (tertiary/aromatic N) is 3. The van der Waals surface area contributed by atoms with Gasteiger partial charge >= 0.3 is 0 Å². The van der Waals surface area contributed by atoms with Crippen LogP contribution in [0, 0.1) is 0 Å². The van der Waals surface area contributed by atoms with E-state index in [2.05, 4.69) is 28.5 Å². The Hall–Kier alpha value is -1.20. The minimum atomic E-state index is -0.358. The van der Waals surface area contributed by atoms with Crippen molar-refractivity contribution in [1.29, 1.82) is 0 Å². The molecule has 5 heteroatoms. The molecule has 3 rings (SSSR count). The van der Waals surface area contributed by atoms with Crippen LogP contribution < -0.4 is 0 Å². The lowest BCUT2D eigenvalue weighted by molar-refractivity contribution is 0.131. The van der Waals surface area contributed by atoms with Gasteiger partial charge in [-0.25, -0.2) is 4.98 Å². The molecular formula is C15H21N3OS. The molecule has 0 aromatic carbocycles. The van der Waals surface area contributed by atoms with Gasteiger partial charge in [0, 0.05) is 23.8 Å². The third-order valence-corrected chi connectivity index (χ3v) is 5.08. The van der Waals surface area contributed by atoms with Crippen molar-refractivity contribution in [3.05, 3.63) is 34.0 Å². The molecule has 1 aliphatic rings. The summed E-state index contributed by atoms with van der Waals surface area (Å²) < 4.78 is 1.92. The standard InChI is InChI=1S/C15H21N3OS/c1-2-7-18-15(16-10-17-18)9-13(19)11-4-3-5-14-12(11)6-8-20-14/h6,8,10-11,13,19H,2-5,7,9H2,1H3. The monoisotopic (exact) mass is 291 g/mol. The van der Waals surface area contributed by atoms with Gasteiger partial charge in [-0.3, -0.25) is 4.68 Å². The first-order valence-electron chi connectivity index (χ1n) is 7.40. The van der Waals surface area contributed by atoms with Crippen LogP contribution in [0.1, 0.15) is 48.4 Å². The quantitative estimate of drug-likeness (QED) is 0.921. The van der Waals surface area contributed by atoms with Gasteiger partial charge in [-0.15, -0.1) is 11.3 Å². The van der Waals surface area contributed by atoms with Crippen LogP contribution in [0.5, 0.6) is 0 Å². The fourth-order valence-electron chi connectivity index (χ4n) is 3.10. The Morgan fingerprint density at radius 3 is 3.30 bits per heavy atom. The first-order valence-corrected chi connectivity index (χ1v) is 8.28. The number of hydrogen-bond acceptors (Lipinski definition) is 4. The van der Waals surface area contributed by atoms with E-state index in [4.69, 9.17) is 0 Å². The fourth-order valence-corrected chi connectivity index (χ4v) is 4.09. The van der Waals surface area contributed by atoms with Crippen LogP contribution in [-0.2, 0) is 19.4 Å². The lowest BCUT2D eigenvalue weighted by Crippen LogP contribution is -2.25. The maximum atomic E-state index is 10.6. The Morgan fingerprint density at radius 1 is 1.55 bits per heavy atom. The Labute approximate surface area is 123 Å². The Morgan fingerprint density at radius 2 is 2.45 bits per heavy atom. The second-order valence-corrected chi connectivity index (χ2v) is 6.47. The SMILES string of the molecule is CCCn1ncnc1CC(O)C1CCCc2sccc21. The van der Waals surface area contributed by atoms with Crippen molar-refractivity contribution in [2.24, 2.45) is 0 Å². The fraction of sp³-hybridized carbons (Fsp3) is 0.600. The summed E-state index contributed by atoms with van der Waals surface area (Å²) in [6.07, 6.45) is 6.29. The third-order valence-electron chi connectivity index (χ3n) is 4.09. The molecule has 0 fully saturated rings. The zero-order chi connectivity index (χ0) is 13.9. The average Bonchev–Trinajstić information content (AvgIpc) is 3.08. The van der Waals surface area contributed by atoms with Crippen LogP contribution in [0.15, 0.2) is 17.8 Å². The number of rotatable bonds is 5. The highest BCUT2D eigenvalue weighted by atomic mass is 32.1. The summed E-state index contributed by atoms with van der Waals surface area (Å²) in [6.45, 7) is 3.00. The van der Waals surface area contributed by atoms with E-state index >= 15 is 0 Å². The number of fused-ring (bicyclic) bond motifs is 1. The average molecular weight is 291 g/mol. The zero-order valence-corrected chi connectivity index (χ0v) is 12.6. The van der Waals surface area contributed by atoms with Crippen LogP contribution in [0.25, 0.3) is 0 Å². The largest absolute Gasteiger partial charge is 0.392 e. The number of aromatic nitrogens is 3. The summed E-state index contributed by atoms with van der Waals surface area (Å²) in [5, 5.41) is 17.0. The minimum Gasteiger partial charge on any atom is -0.392 e. The van der Waals surface area contributed by atoms with Gasteiger partial charge in [-0.1, -0.05) is 6.92 Å². The summed E-state index contributed by atoms with van der Waals surface area (Å²) in [4.78, 5) is 5.76. The van der Waals surface area contributed by atoms with Crippen molar-refractivity contribution in [1.82, 2.24) is 14.8 Å². The van der Waals surface area contributed by atoms with Crippen LogP contribution in [0.4, 0.5) is 0 Å².